The number of aryl methyl sites for hydroxylation is 1. The SMILES string of the molecule is Cc1nc(CN(C)Cc2ccc([C@H]3CCCCO3)s2)cs1. The molecule has 1 aliphatic rings. The van der Waals surface area contributed by atoms with Gasteiger partial charge in [0, 0.05) is 34.8 Å². The maximum atomic E-state index is 5.87. The molecule has 0 aromatic carbocycles. The van der Waals surface area contributed by atoms with Gasteiger partial charge in [-0.1, -0.05) is 0 Å². The fraction of sp³-hybridized carbons (Fsp3) is 0.562. The van der Waals surface area contributed by atoms with E-state index in [1.54, 1.807) is 11.3 Å². The average Bonchev–Trinajstić information content (AvgIpc) is 3.09. The highest BCUT2D eigenvalue weighted by molar-refractivity contribution is 7.12. The number of thiazole rings is 1. The summed E-state index contributed by atoms with van der Waals surface area (Å²) in [6.07, 6.45) is 4.02. The Morgan fingerprint density at radius 2 is 2.24 bits per heavy atom. The van der Waals surface area contributed by atoms with E-state index < -0.39 is 0 Å². The van der Waals surface area contributed by atoms with Crippen molar-refractivity contribution in [3.8, 4) is 0 Å². The fourth-order valence-corrected chi connectivity index (χ4v) is 4.48. The van der Waals surface area contributed by atoms with Crippen LogP contribution in [0.1, 0.15) is 45.8 Å². The van der Waals surface area contributed by atoms with Crippen LogP contribution in [0.25, 0.3) is 0 Å². The highest BCUT2D eigenvalue weighted by Gasteiger charge is 2.18. The van der Waals surface area contributed by atoms with Gasteiger partial charge in [0.1, 0.15) is 0 Å². The van der Waals surface area contributed by atoms with Crippen LogP contribution in [0, 0.1) is 6.92 Å². The van der Waals surface area contributed by atoms with Crippen molar-refractivity contribution in [2.75, 3.05) is 13.7 Å². The Balaban J connectivity index is 1.56. The van der Waals surface area contributed by atoms with E-state index in [-0.39, 0.29) is 0 Å². The summed E-state index contributed by atoms with van der Waals surface area (Å²) in [6.45, 7) is 4.87. The van der Waals surface area contributed by atoms with Crippen LogP contribution in [0.5, 0.6) is 0 Å². The smallest absolute Gasteiger partial charge is 0.0916 e. The van der Waals surface area contributed by atoms with Crippen molar-refractivity contribution in [3.63, 3.8) is 0 Å². The molecule has 3 heterocycles. The molecule has 1 fully saturated rings. The second-order valence-electron chi connectivity index (χ2n) is 5.69. The van der Waals surface area contributed by atoms with E-state index in [1.165, 1.54) is 34.7 Å². The topological polar surface area (TPSA) is 25.4 Å². The Kier molecular flexibility index (Phi) is 5.06. The van der Waals surface area contributed by atoms with Gasteiger partial charge in [-0.2, -0.15) is 0 Å². The lowest BCUT2D eigenvalue weighted by Gasteiger charge is -2.21. The maximum absolute atomic E-state index is 5.87. The first kappa shape index (κ1) is 15.2. The van der Waals surface area contributed by atoms with Gasteiger partial charge in [-0.3, -0.25) is 4.90 Å². The van der Waals surface area contributed by atoms with Crippen LogP contribution in [0.15, 0.2) is 17.5 Å². The van der Waals surface area contributed by atoms with Gasteiger partial charge in [-0.05, 0) is 45.4 Å². The number of thiophene rings is 1. The van der Waals surface area contributed by atoms with E-state index in [4.69, 9.17) is 4.74 Å². The third kappa shape index (κ3) is 4.13. The molecule has 0 radical (unpaired) electrons. The molecule has 0 unspecified atom stereocenters. The molecular formula is C16H22N2OS2. The highest BCUT2D eigenvalue weighted by atomic mass is 32.1. The lowest BCUT2D eigenvalue weighted by atomic mass is 10.1. The van der Waals surface area contributed by atoms with Crippen LogP contribution >= 0.6 is 22.7 Å². The summed E-state index contributed by atoms with van der Waals surface area (Å²) >= 11 is 3.62. The van der Waals surface area contributed by atoms with E-state index >= 15 is 0 Å². The predicted molar refractivity (Wildman–Crippen MR) is 88.9 cm³/mol. The molecule has 114 valence electrons. The summed E-state index contributed by atoms with van der Waals surface area (Å²) in [5, 5.41) is 3.30. The Labute approximate surface area is 134 Å². The molecule has 1 saturated heterocycles. The van der Waals surface area contributed by atoms with Crippen molar-refractivity contribution >= 4 is 22.7 Å². The van der Waals surface area contributed by atoms with Crippen molar-refractivity contribution in [3.05, 3.63) is 38.0 Å². The first-order valence-electron chi connectivity index (χ1n) is 7.50. The Bertz CT molecular complexity index is 572. The second-order valence-corrected chi connectivity index (χ2v) is 7.95. The molecular weight excluding hydrogens is 300 g/mol. The zero-order chi connectivity index (χ0) is 14.7. The molecule has 1 aliphatic heterocycles. The van der Waals surface area contributed by atoms with Crippen LogP contribution in [0.4, 0.5) is 0 Å². The molecule has 2 aromatic heterocycles. The molecule has 0 N–H and O–H groups in total. The van der Waals surface area contributed by atoms with E-state index in [0.717, 1.165) is 24.7 Å². The molecule has 21 heavy (non-hydrogen) atoms. The molecule has 3 nitrogen and oxygen atoms in total. The lowest BCUT2D eigenvalue weighted by Crippen LogP contribution is -2.16. The lowest BCUT2D eigenvalue weighted by molar-refractivity contribution is 0.0172. The minimum Gasteiger partial charge on any atom is -0.373 e. The monoisotopic (exact) mass is 322 g/mol. The fourth-order valence-electron chi connectivity index (χ4n) is 2.70. The van der Waals surface area contributed by atoms with Gasteiger partial charge in [-0.15, -0.1) is 22.7 Å². The van der Waals surface area contributed by atoms with Crippen LogP contribution in [0.2, 0.25) is 0 Å². The summed E-state index contributed by atoms with van der Waals surface area (Å²) in [5.74, 6) is 0. The van der Waals surface area contributed by atoms with Crippen molar-refractivity contribution in [2.45, 2.75) is 45.4 Å². The van der Waals surface area contributed by atoms with E-state index in [0.29, 0.717) is 6.10 Å². The Morgan fingerprint density at radius 1 is 1.33 bits per heavy atom. The van der Waals surface area contributed by atoms with Gasteiger partial charge in [-0.25, -0.2) is 4.98 Å². The Morgan fingerprint density at radius 3 is 2.95 bits per heavy atom. The normalized spacial score (nSPS) is 19.3. The average molecular weight is 322 g/mol. The maximum Gasteiger partial charge on any atom is 0.0916 e. The zero-order valence-corrected chi connectivity index (χ0v) is 14.3. The summed E-state index contributed by atoms with van der Waals surface area (Å²) in [5.41, 5.74) is 1.17. The molecule has 3 rings (SSSR count). The largest absolute Gasteiger partial charge is 0.373 e. The van der Waals surface area contributed by atoms with E-state index in [9.17, 15) is 0 Å². The van der Waals surface area contributed by atoms with Gasteiger partial charge >= 0.3 is 0 Å². The van der Waals surface area contributed by atoms with Crippen molar-refractivity contribution in [2.24, 2.45) is 0 Å². The van der Waals surface area contributed by atoms with Gasteiger partial charge < -0.3 is 4.74 Å². The minimum absolute atomic E-state index is 0.337. The number of ether oxygens (including phenoxy) is 1. The van der Waals surface area contributed by atoms with Gasteiger partial charge in [0.05, 0.1) is 16.8 Å². The number of aromatic nitrogens is 1. The van der Waals surface area contributed by atoms with E-state index in [2.05, 4.69) is 41.4 Å². The van der Waals surface area contributed by atoms with Gasteiger partial charge in [0.2, 0.25) is 0 Å². The molecule has 0 aliphatic carbocycles. The van der Waals surface area contributed by atoms with Crippen LogP contribution in [0.3, 0.4) is 0 Å². The van der Waals surface area contributed by atoms with Gasteiger partial charge in [0.25, 0.3) is 0 Å². The second kappa shape index (κ2) is 7.01. The molecule has 5 heteroatoms. The molecule has 0 bridgehead atoms. The summed E-state index contributed by atoms with van der Waals surface area (Å²) in [6, 6.07) is 4.50. The highest BCUT2D eigenvalue weighted by Crippen LogP contribution is 2.33. The molecule has 2 aromatic rings. The number of nitrogens with zero attached hydrogens (tertiary/aromatic N) is 2. The van der Waals surface area contributed by atoms with Crippen molar-refractivity contribution < 1.29 is 4.74 Å². The van der Waals surface area contributed by atoms with Crippen molar-refractivity contribution in [1.82, 2.24) is 9.88 Å². The van der Waals surface area contributed by atoms with E-state index in [1.807, 2.05) is 11.3 Å². The first-order chi connectivity index (χ1) is 10.2. The number of hydrogen-bond acceptors (Lipinski definition) is 5. The third-order valence-electron chi connectivity index (χ3n) is 3.70. The molecule has 0 amide bonds. The van der Waals surface area contributed by atoms with Crippen molar-refractivity contribution in [1.29, 1.82) is 0 Å². The minimum atomic E-state index is 0.337. The van der Waals surface area contributed by atoms with Gasteiger partial charge in [0.15, 0.2) is 0 Å². The summed E-state index contributed by atoms with van der Waals surface area (Å²) in [4.78, 5) is 9.66. The molecule has 1 atom stereocenters. The standard InChI is InChI=1S/C16H22N2OS2/c1-12-17-13(11-20-12)9-18(2)10-14-6-7-16(21-14)15-5-3-4-8-19-15/h6-7,11,15H,3-5,8-10H2,1-2H3/t15-/m1/s1. The number of hydrogen-bond donors (Lipinski definition) is 0. The van der Waals surface area contributed by atoms with Crippen LogP contribution in [-0.2, 0) is 17.8 Å². The Hall–Kier alpha value is -0.750. The first-order valence-corrected chi connectivity index (χ1v) is 9.20. The number of rotatable bonds is 5. The predicted octanol–water partition coefficient (Wildman–Crippen LogP) is 4.39. The molecule has 0 saturated carbocycles. The van der Waals surface area contributed by atoms with Crippen LogP contribution < -0.4 is 0 Å². The molecule has 0 spiro atoms. The zero-order valence-electron chi connectivity index (χ0n) is 12.7. The van der Waals surface area contributed by atoms with Crippen LogP contribution in [-0.4, -0.2) is 23.5 Å². The third-order valence-corrected chi connectivity index (χ3v) is 5.69. The summed E-state index contributed by atoms with van der Waals surface area (Å²) in [7, 11) is 2.16. The quantitative estimate of drug-likeness (QED) is 0.816. The summed E-state index contributed by atoms with van der Waals surface area (Å²) < 4.78 is 5.87.